The van der Waals surface area contributed by atoms with Crippen LogP contribution in [0, 0.1) is 0 Å². The first-order valence-electron chi connectivity index (χ1n) is 7.17. The fourth-order valence-electron chi connectivity index (χ4n) is 2.38. The van der Waals surface area contributed by atoms with Gasteiger partial charge in [-0.1, -0.05) is 11.6 Å². The van der Waals surface area contributed by atoms with E-state index in [-0.39, 0.29) is 6.07 Å². The summed E-state index contributed by atoms with van der Waals surface area (Å²) in [6, 6.07) is 0.634. The number of fused-ring (bicyclic) bond motifs is 1. The molecule has 3 aromatic heterocycles. The SMILES string of the molecule is Nc1c2c(C(F)(F)F)nc(C(F)(F)F)cc2nn1-c1ncc(C(F)(F)F)cc1Cl. The van der Waals surface area contributed by atoms with Crippen LogP contribution in [0.2, 0.25) is 5.02 Å². The van der Waals surface area contributed by atoms with Crippen LogP contribution in [0.25, 0.3) is 16.7 Å². The van der Waals surface area contributed by atoms with E-state index in [1.807, 2.05) is 0 Å². The first kappa shape index (κ1) is 21.0. The van der Waals surface area contributed by atoms with Crippen molar-refractivity contribution in [3.63, 3.8) is 0 Å². The van der Waals surface area contributed by atoms with Crippen LogP contribution in [0.15, 0.2) is 18.3 Å². The molecule has 0 spiro atoms. The van der Waals surface area contributed by atoms with Gasteiger partial charge in [-0.05, 0) is 12.1 Å². The summed E-state index contributed by atoms with van der Waals surface area (Å²) in [5.74, 6) is -1.47. The molecule has 29 heavy (non-hydrogen) atoms. The van der Waals surface area contributed by atoms with Crippen molar-refractivity contribution in [2.45, 2.75) is 18.5 Å². The third-order valence-electron chi connectivity index (χ3n) is 3.60. The van der Waals surface area contributed by atoms with Crippen molar-refractivity contribution in [1.29, 1.82) is 0 Å². The zero-order chi connectivity index (χ0) is 21.9. The quantitative estimate of drug-likeness (QED) is 0.524. The molecule has 0 aliphatic rings. The van der Waals surface area contributed by atoms with E-state index in [0.29, 0.717) is 16.9 Å². The van der Waals surface area contributed by atoms with Gasteiger partial charge in [-0.3, -0.25) is 0 Å². The van der Waals surface area contributed by atoms with Gasteiger partial charge in [-0.25, -0.2) is 9.97 Å². The zero-order valence-electron chi connectivity index (χ0n) is 13.4. The lowest BCUT2D eigenvalue weighted by Gasteiger charge is -2.12. The standard InChI is InChI=1S/C14H5ClF9N5/c15-5-1-4(12(16,17)18)3-26-11(5)29-10(25)8-6(28-29)2-7(13(19,20)21)27-9(8)14(22,23)24/h1-3H,25H2. The minimum Gasteiger partial charge on any atom is -0.383 e. The Morgan fingerprint density at radius 3 is 2.00 bits per heavy atom. The van der Waals surface area contributed by atoms with Crippen LogP contribution >= 0.6 is 11.6 Å². The highest BCUT2D eigenvalue weighted by atomic mass is 35.5. The predicted octanol–water partition coefficient (Wildman–Crippen LogP) is 5.11. The first-order chi connectivity index (χ1) is 13.1. The van der Waals surface area contributed by atoms with E-state index >= 15 is 0 Å². The van der Waals surface area contributed by atoms with Gasteiger partial charge >= 0.3 is 18.5 Å². The van der Waals surface area contributed by atoms with E-state index in [0.717, 1.165) is 0 Å². The molecule has 3 aromatic rings. The van der Waals surface area contributed by atoms with Crippen LogP contribution in [0.5, 0.6) is 0 Å². The second kappa shape index (κ2) is 6.37. The molecule has 0 saturated heterocycles. The molecule has 2 N–H and O–H groups in total. The summed E-state index contributed by atoms with van der Waals surface area (Å²) in [4.78, 5) is 5.97. The molecule has 0 atom stereocenters. The summed E-state index contributed by atoms with van der Waals surface area (Å²) < 4.78 is 117. The Balaban J connectivity index is 2.31. The van der Waals surface area contributed by atoms with Gasteiger partial charge in [0.1, 0.15) is 11.5 Å². The lowest BCUT2D eigenvalue weighted by atomic mass is 10.2. The van der Waals surface area contributed by atoms with E-state index in [4.69, 9.17) is 17.3 Å². The second-order valence-electron chi connectivity index (χ2n) is 5.57. The van der Waals surface area contributed by atoms with Crippen molar-refractivity contribution in [2.75, 3.05) is 5.73 Å². The van der Waals surface area contributed by atoms with Gasteiger partial charge in [0, 0.05) is 6.20 Å². The zero-order valence-corrected chi connectivity index (χ0v) is 14.1. The molecule has 3 heterocycles. The van der Waals surface area contributed by atoms with Crippen LogP contribution in [0.1, 0.15) is 17.0 Å². The van der Waals surface area contributed by atoms with Crippen LogP contribution in [0.4, 0.5) is 45.3 Å². The highest BCUT2D eigenvalue weighted by Gasteiger charge is 2.42. The molecule has 0 aliphatic heterocycles. The minimum absolute atomic E-state index is 0.218. The van der Waals surface area contributed by atoms with Gasteiger partial charge in [0.25, 0.3) is 0 Å². The molecule has 0 fully saturated rings. The molecular formula is C14H5ClF9N5. The molecule has 0 saturated carbocycles. The van der Waals surface area contributed by atoms with Crippen molar-refractivity contribution < 1.29 is 39.5 Å². The Hall–Kier alpha value is -2.77. The van der Waals surface area contributed by atoms with Gasteiger partial charge < -0.3 is 5.73 Å². The molecule has 0 unspecified atom stereocenters. The van der Waals surface area contributed by atoms with Gasteiger partial charge in [0.15, 0.2) is 11.5 Å². The molecule has 3 rings (SSSR count). The molecule has 5 nitrogen and oxygen atoms in total. The van der Waals surface area contributed by atoms with Crippen molar-refractivity contribution in [2.24, 2.45) is 0 Å². The maximum absolute atomic E-state index is 13.3. The van der Waals surface area contributed by atoms with Gasteiger partial charge in [-0.2, -0.15) is 49.3 Å². The predicted molar refractivity (Wildman–Crippen MR) is 81.1 cm³/mol. The highest BCUT2D eigenvalue weighted by molar-refractivity contribution is 6.32. The largest absolute Gasteiger partial charge is 0.434 e. The Kier molecular flexibility index (Phi) is 4.60. The van der Waals surface area contributed by atoms with Crippen molar-refractivity contribution in [1.82, 2.24) is 19.7 Å². The summed E-state index contributed by atoms with van der Waals surface area (Å²) in [6.07, 6.45) is -15.1. The highest BCUT2D eigenvalue weighted by Crippen LogP contribution is 2.40. The third kappa shape index (κ3) is 3.75. The number of nitrogens with zero attached hydrogens (tertiary/aromatic N) is 4. The molecule has 0 aliphatic carbocycles. The van der Waals surface area contributed by atoms with Gasteiger partial charge in [0.05, 0.1) is 21.5 Å². The summed E-state index contributed by atoms with van der Waals surface area (Å²) in [6.45, 7) is 0. The molecule has 156 valence electrons. The number of aromatic nitrogens is 4. The Morgan fingerprint density at radius 2 is 1.52 bits per heavy atom. The van der Waals surface area contributed by atoms with Crippen molar-refractivity contribution in [3.8, 4) is 5.82 Å². The summed E-state index contributed by atoms with van der Waals surface area (Å²) in [7, 11) is 0. The number of nitrogen functional groups attached to an aromatic ring is 1. The van der Waals surface area contributed by atoms with E-state index < -0.39 is 63.0 Å². The maximum Gasteiger partial charge on any atom is 0.434 e. The molecule has 15 heteroatoms. The number of pyridine rings is 2. The summed E-state index contributed by atoms with van der Waals surface area (Å²) in [5.41, 5.74) is -0.383. The lowest BCUT2D eigenvalue weighted by Crippen LogP contribution is -2.15. The van der Waals surface area contributed by atoms with E-state index in [9.17, 15) is 39.5 Å². The smallest absolute Gasteiger partial charge is 0.383 e. The normalized spacial score (nSPS) is 13.3. The monoisotopic (exact) mass is 449 g/mol. The van der Waals surface area contributed by atoms with Crippen molar-refractivity contribution >= 4 is 28.3 Å². The Morgan fingerprint density at radius 1 is 0.897 bits per heavy atom. The number of hydrogen-bond acceptors (Lipinski definition) is 4. The molecule has 0 aromatic carbocycles. The minimum atomic E-state index is -5.33. The number of anilines is 1. The second-order valence-corrected chi connectivity index (χ2v) is 5.98. The third-order valence-corrected chi connectivity index (χ3v) is 3.88. The van der Waals surface area contributed by atoms with E-state index in [2.05, 4.69) is 15.1 Å². The fraction of sp³-hybridized carbons (Fsp3) is 0.214. The van der Waals surface area contributed by atoms with Crippen LogP contribution < -0.4 is 5.73 Å². The van der Waals surface area contributed by atoms with Crippen molar-refractivity contribution in [3.05, 3.63) is 40.3 Å². The topological polar surface area (TPSA) is 69.6 Å². The van der Waals surface area contributed by atoms with Gasteiger partial charge in [-0.15, -0.1) is 0 Å². The van der Waals surface area contributed by atoms with Crippen LogP contribution in [0.3, 0.4) is 0 Å². The van der Waals surface area contributed by atoms with Crippen LogP contribution in [-0.4, -0.2) is 19.7 Å². The average molecular weight is 450 g/mol. The number of halogens is 10. The van der Waals surface area contributed by atoms with E-state index in [1.54, 1.807) is 0 Å². The van der Waals surface area contributed by atoms with E-state index in [1.165, 1.54) is 0 Å². The first-order valence-corrected chi connectivity index (χ1v) is 7.55. The molecule has 0 amide bonds. The number of alkyl halides is 9. The van der Waals surface area contributed by atoms with Gasteiger partial charge in [0.2, 0.25) is 0 Å². The Labute approximate surface area is 158 Å². The Bertz CT molecular complexity index is 1100. The molecule has 0 bridgehead atoms. The molecular weight excluding hydrogens is 445 g/mol. The number of rotatable bonds is 1. The number of nitrogens with two attached hydrogens (primary N) is 1. The summed E-state index contributed by atoms with van der Waals surface area (Å²) >= 11 is 5.71. The molecule has 0 radical (unpaired) electrons. The maximum atomic E-state index is 13.3. The fourth-order valence-corrected chi connectivity index (χ4v) is 2.63. The lowest BCUT2D eigenvalue weighted by molar-refractivity contribution is -0.149. The number of hydrogen-bond donors (Lipinski definition) is 1. The average Bonchev–Trinajstić information content (AvgIpc) is 2.88. The summed E-state index contributed by atoms with van der Waals surface area (Å²) in [5, 5.41) is 1.83. The van der Waals surface area contributed by atoms with Crippen LogP contribution in [-0.2, 0) is 18.5 Å².